The molecule has 0 aliphatic heterocycles. The zero-order chi connectivity index (χ0) is 15.4. The van der Waals surface area contributed by atoms with Crippen molar-refractivity contribution in [2.45, 2.75) is 6.54 Å². The molecular formula is C16H12FN3O2. The minimum atomic E-state index is -0.357. The zero-order valence-electron chi connectivity index (χ0n) is 11.5. The molecule has 2 heterocycles. The Balaban J connectivity index is 1.76. The van der Waals surface area contributed by atoms with Gasteiger partial charge in [0.05, 0.1) is 18.4 Å². The van der Waals surface area contributed by atoms with Gasteiger partial charge in [-0.2, -0.15) is 0 Å². The first-order valence-electron chi connectivity index (χ1n) is 6.63. The Bertz CT molecular complexity index is 770. The molecule has 0 spiro atoms. The Morgan fingerprint density at radius 2 is 2.00 bits per heavy atom. The molecule has 0 aliphatic carbocycles. The van der Waals surface area contributed by atoms with Gasteiger partial charge in [-0.15, -0.1) is 0 Å². The van der Waals surface area contributed by atoms with E-state index in [0.29, 0.717) is 23.4 Å². The van der Waals surface area contributed by atoms with Crippen LogP contribution < -0.4 is 5.32 Å². The van der Waals surface area contributed by atoms with Crippen LogP contribution in [0.3, 0.4) is 0 Å². The number of pyridine rings is 1. The minimum Gasteiger partial charge on any atom is -0.355 e. The number of carbonyl (C=O) groups excluding carboxylic acids is 1. The predicted octanol–water partition coefficient (Wildman–Crippen LogP) is 2.81. The van der Waals surface area contributed by atoms with E-state index in [0.717, 1.165) is 5.69 Å². The highest BCUT2D eigenvalue weighted by molar-refractivity contribution is 5.99. The standard InChI is InChI=1S/C16H12FN3O2/c17-12-6-4-11(5-7-12)15-14(10-20-22-15)16(21)19-9-13-3-1-2-8-18-13/h1-8,10H,9H2,(H,19,21). The van der Waals surface area contributed by atoms with E-state index in [9.17, 15) is 9.18 Å². The second-order valence-electron chi connectivity index (χ2n) is 4.58. The zero-order valence-corrected chi connectivity index (χ0v) is 11.5. The van der Waals surface area contributed by atoms with E-state index >= 15 is 0 Å². The van der Waals surface area contributed by atoms with E-state index in [2.05, 4.69) is 15.5 Å². The SMILES string of the molecule is O=C(NCc1ccccn1)c1cnoc1-c1ccc(F)cc1. The molecule has 110 valence electrons. The molecule has 0 radical (unpaired) electrons. The Hall–Kier alpha value is -3.02. The third kappa shape index (κ3) is 3.01. The van der Waals surface area contributed by atoms with Crippen molar-refractivity contribution in [3.05, 3.63) is 71.9 Å². The lowest BCUT2D eigenvalue weighted by Gasteiger charge is -2.04. The van der Waals surface area contributed by atoms with Crippen LogP contribution in [-0.2, 0) is 6.54 Å². The van der Waals surface area contributed by atoms with Crippen molar-refractivity contribution >= 4 is 5.91 Å². The molecule has 0 fully saturated rings. The van der Waals surface area contributed by atoms with Gasteiger partial charge in [0.15, 0.2) is 5.76 Å². The largest absolute Gasteiger partial charge is 0.355 e. The number of aromatic nitrogens is 2. The second kappa shape index (κ2) is 6.17. The molecule has 0 aliphatic rings. The molecule has 0 atom stereocenters. The molecule has 6 heteroatoms. The van der Waals surface area contributed by atoms with Gasteiger partial charge < -0.3 is 9.84 Å². The van der Waals surface area contributed by atoms with Crippen molar-refractivity contribution in [1.29, 1.82) is 0 Å². The third-order valence-corrected chi connectivity index (χ3v) is 3.08. The number of benzene rings is 1. The summed E-state index contributed by atoms with van der Waals surface area (Å²) in [4.78, 5) is 16.4. The molecule has 0 saturated carbocycles. The lowest BCUT2D eigenvalue weighted by molar-refractivity contribution is 0.0950. The molecule has 22 heavy (non-hydrogen) atoms. The van der Waals surface area contributed by atoms with Gasteiger partial charge in [-0.05, 0) is 36.4 Å². The van der Waals surface area contributed by atoms with Crippen LogP contribution >= 0.6 is 0 Å². The van der Waals surface area contributed by atoms with Gasteiger partial charge in [-0.3, -0.25) is 9.78 Å². The number of hydrogen-bond acceptors (Lipinski definition) is 4. The average molecular weight is 297 g/mol. The molecule has 1 amide bonds. The van der Waals surface area contributed by atoms with Gasteiger partial charge in [0.2, 0.25) is 0 Å². The number of nitrogens with one attached hydrogen (secondary N) is 1. The van der Waals surface area contributed by atoms with Gasteiger partial charge in [0, 0.05) is 11.8 Å². The molecule has 3 aromatic rings. The molecule has 1 aromatic carbocycles. The van der Waals surface area contributed by atoms with Crippen molar-refractivity contribution in [3.63, 3.8) is 0 Å². The number of halogens is 1. The normalized spacial score (nSPS) is 10.4. The lowest BCUT2D eigenvalue weighted by atomic mass is 10.1. The minimum absolute atomic E-state index is 0.294. The maximum atomic E-state index is 13.0. The van der Waals surface area contributed by atoms with Crippen molar-refractivity contribution in [1.82, 2.24) is 15.5 Å². The summed E-state index contributed by atoms with van der Waals surface area (Å²) in [6.07, 6.45) is 3.00. The average Bonchev–Trinajstić information content (AvgIpc) is 3.04. The number of rotatable bonds is 4. The van der Waals surface area contributed by atoms with Crippen LogP contribution in [-0.4, -0.2) is 16.0 Å². The Kier molecular flexibility index (Phi) is 3.91. The number of hydrogen-bond donors (Lipinski definition) is 1. The first-order valence-corrected chi connectivity index (χ1v) is 6.63. The smallest absolute Gasteiger partial charge is 0.257 e. The Morgan fingerprint density at radius 3 is 2.73 bits per heavy atom. The van der Waals surface area contributed by atoms with Crippen molar-refractivity contribution in [2.24, 2.45) is 0 Å². The highest BCUT2D eigenvalue weighted by Gasteiger charge is 2.17. The van der Waals surface area contributed by atoms with Crippen molar-refractivity contribution < 1.29 is 13.7 Å². The van der Waals surface area contributed by atoms with Crippen LogP contribution in [0.5, 0.6) is 0 Å². The van der Waals surface area contributed by atoms with Crippen LogP contribution in [0.25, 0.3) is 11.3 Å². The van der Waals surface area contributed by atoms with Crippen LogP contribution in [0.1, 0.15) is 16.1 Å². The summed E-state index contributed by atoms with van der Waals surface area (Å²) in [5, 5.41) is 6.40. The molecule has 0 unspecified atom stereocenters. The summed E-state index contributed by atoms with van der Waals surface area (Å²) >= 11 is 0. The lowest BCUT2D eigenvalue weighted by Crippen LogP contribution is -2.23. The Morgan fingerprint density at radius 1 is 1.18 bits per heavy atom. The highest BCUT2D eigenvalue weighted by Crippen LogP contribution is 2.23. The number of carbonyl (C=O) groups is 1. The van der Waals surface area contributed by atoms with Crippen LogP contribution in [0.4, 0.5) is 4.39 Å². The maximum Gasteiger partial charge on any atom is 0.257 e. The van der Waals surface area contributed by atoms with E-state index in [4.69, 9.17) is 4.52 Å². The van der Waals surface area contributed by atoms with Crippen molar-refractivity contribution in [3.8, 4) is 11.3 Å². The van der Waals surface area contributed by atoms with Gasteiger partial charge in [-0.1, -0.05) is 11.2 Å². The fourth-order valence-electron chi connectivity index (χ4n) is 1.98. The second-order valence-corrected chi connectivity index (χ2v) is 4.58. The Labute approximate surface area is 125 Å². The van der Waals surface area contributed by atoms with E-state index in [1.807, 2.05) is 12.1 Å². The van der Waals surface area contributed by atoms with Gasteiger partial charge in [0.1, 0.15) is 11.4 Å². The molecule has 5 nitrogen and oxygen atoms in total. The summed E-state index contributed by atoms with van der Waals surface area (Å²) in [5.41, 5.74) is 1.63. The van der Waals surface area contributed by atoms with Crippen LogP contribution in [0.15, 0.2) is 59.4 Å². The molecular weight excluding hydrogens is 285 g/mol. The molecule has 3 rings (SSSR count). The summed E-state index contributed by atoms with van der Waals surface area (Å²) in [7, 11) is 0. The number of nitrogens with zero attached hydrogens (tertiary/aromatic N) is 2. The van der Waals surface area contributed by atoms with E-state index < -0.39 is 0 Å². The first-order chi connectivity index (χ1) is 10.7. The van der Waals surface area contributed by atoms with Gasteiger partial charge in [0.25, 0.3) is 5.91 Å². The van der Waals surface area contributed by atoms with E-state index in [-0.39, 0.29) is 11.7 Å². The summed E-state index contributed by atoms with van der Waals surface area (Å²) < 4.78 is 18.1. The third-order valence-electron chi connectivity index (χ3n) is 3.08. The first kappa shape index (κ1) is 13.9. The topological polar surface area (TPSA) is 68.0 Å². The van der Waals surface area contributed by atoms with Crippen LogP contribution in [0.2, 0.25) is 0 Å². The summed E-state index contributed by atoms with van der Waals surface area (Å²) in [5.74, 6) is -0.380. The predicted molar refractivity (Wildman–Crippen MR) is 77.3 cm³/mol. The fraction of sp³-hybridized carbons (Fsp3) is 0.0625. The highest BCUT2D eigenvalue weighted by atomic mass is 19.1. The quantitative estimate of drug-likeness (QED) is 0.804. The van der Waals surface area contributed by atoms with Gasteiger partial charge in [-0.25, -0.2) is 4.39 Å². The van der Waals surface area contributed by atoms with E-state index in [1.54, 1.807) is 12.3 Å². The summed E-state index contributed by atoms with van der Waals surface area (Å²) in [6, 6.07) is 11.1. The number of amides is 1. The molecule has 0 bridgehead atoms. The van der Waals surface area contributed by atoms with Crippen molar-refractivity contribution in [2.75, 3.05) is 0 Å². The van der Waals surface area contributed by atoms with Crippen LogP contribution in [0, 0.1) is 5.82 Å². The molecule has 1 N–H and O–H groups in total. The molecule has 0 saturated heterocycles. The van der Waals surface area contributed by atoms with E-state index in [1.165, 1.54) is 30.5 Å². The van der Waals surface area contributed by atoms with Gasteiger partial charge >= 0.3 is 0 Å². The monoisotopic (exact) mass is 297 g/mol. The maximum absolute atomic E-state index is 13.0. The fourth-order valence-corrected chi connectivity index (χ4v) is 1.98. The summed E-state index contributed by atoms with van der Waals surface area (Å²) in [6.45, 7) is 0.299. The molecule has 2 aromatic heterocycles.